The fourth-order valence-corrected chi connectivity index (χ4v) is 3.28. The van der Waals surface area contributed by atoms with Crippen molar-refractivity contribution in [3.05, 3.63) is 35.1 Å². The molecule has 1 unspecified atom stereocenters. The molecule has 1 aromatic rings. The second-order valence-electron chi connectivity index (χ2n) is 5.57. The summed E-state index contributed by atoms with van der Waals surface area (Å²) in [6, 6.07) is 1.62. The maximum atomic E-state index is 14.1. The van der Waals surface area contributed by atoms with E-state index >= 15 is 0 Å². The maximum absolute atomic E-state index is 14.1. The Morgan fingerprint density at radius 2 is 1.75 bits per heavy atom. The Bertz CT molecular complexity index is 485. The predicted molar refractivity (Wildman–Crippen MR) is 71.3 cm³/mol. The summed E-state index contributed by atoms with van der Waals surface area (Å²) in [7, 11) is 3.79. The number of likely N-dealkylation sites (N-methyl/N-ethyl adjacent to an activating group) is 1. The predicted octanol–water partition coefficient (Wildman–Crippen LogP) is 2.48. The van der Waals surface area contributed by atoms with Gasteiger partial charge in [-0.1, -0.05) is 18.9 Å². The van der Waals surface area contributed by atoms with Gasteiger partial charge in [-0.3, -0.25) is 11.3 Å². The number of nitrogens with two attached hydrogens (primary N) is 1. The van der Waals surface area contributed by atoms with Gasteiger partial charge in [0.25, 0.3) is 0 Å². The van der Waals surface area contributed by atoms with Crippen LogP contribution in [-0.2, 0) is 0 Å². The molecule has 1 saturated carbocycles. The topological polar surface area (TPSA) is 41.3 Å². The van der Waals surface area contributed by atoms with Crippen LogP contribution in [-0.4, -0.2) is 24.5 Å². The quantitative estimate of drug-likeness (QED) is 0.508. The molecule has 0 spiro atoms. The number of nitrogens with one attached hydrogen (secondary N) is 1. The average molecular weight is 287 g/mol. The molecule has 20 heavy (non-hydrogen) atoms. The Hall–Kier alpha value is -1.11. The van der Waals surface area contributed by atoms with Crippen LogP contribution in [0.3, 0.4) is 0 Å². The van der Waals surface area contributed by atoms with Gasteiger partial charge in [0.2, 0.25) is 0 Å². The molecule has 1 aromatic carbocycles. The average Bonchev–Trinajstić information content (AvgIpc) is 2.90. The van der Waals surface area contributed by atoms with Gasteiger partial charge in [-0.25, -0.2) is 13.2 Å². The van der Waals surface area contributed by atoms with Gasteiger partial charge in [0.1, 0.15) is 0 Å². The standard InChI is InChI=1S/C14H20F3N3/c1-20(2)14(7-3-4-8-14)13(19-18)9-5-6-10(15)12(17)11(9)16/h5-6,13,19H,3-4,7-8,18H2,1-2H3. The molecule has 0 saturated heterocycles. The number of hydrazine groups is 1. The van der Waals surface area contributed by atoms with Gasteiger partial charge in [0.15, 0.2) is 17.5 Å². The number of benzene rings is 1. The normalized spacial score (nSPS) is 19.6. The monoisotopic (exact) mass is 287 g/mol. The zero-order chi connectivity index (χ0) is 14.9. The van der Waals surface area contributed by atoms with Crippen LogP contribution < -0.4 is 11.3 Å². The molecule has 6 heteroatoms. The van der Waals surface area contributed by atoms with Crippen molar-refractivity contribution in [2.75, 3.05) is 14.1 Å². The van der Waals surface area contributed by atoms with E-state index in [2.05, 4.69) is 5.43 Å². The van der Waals surface area contributed by atoms with Gasteiger partial charge in [0.05, 0.1) is 6.04 Å². The molecule has 0 aromatic heterocycles. The molecule has 3 N–H and O–H groups in total. The van der Waals surface area contributed by atoms with E-state index in [9.17, 15) is 13.2 Å². The van der Waals surface area contributed by atoms with Crippen LogP contribution in [0.1, 0.15) is 37.3 Å². The summed E-state index contributed by atoms with van der Waals surface area (Å²) in [5, 5.41) is 0. The molecule has 1 aliphatic carbocycles. The van der Waals surface area contributed by atoms with Gasteiger partial charge >= 0.3 is 0 Å². The van der Waals surface area contributed by atoms with E-state index in [1.807, 2.05) is 19.0 Å². The number of nitrogens with zero attached hydrogens (tertiary/aromatic N) is 1. The lowest BCUT2D eigenvalue weighted by atomic mass is 9.82. The van der Waals surface area contributed by atoms with Gasteiger partial charge in [-0.2, -0.15) is 0 Å². The lowest BCUT2D eigenvalue weighted by Crippen LogP contribution is -2.54. The summed E-state index contributed by atoms with van der Waals surface area (Å²) in [5.41, 5.74) is 2.28. The molecule has 1 atom stereocenters. The second kappa shape index (κ2) is 5.71. The van der Waals surface area contributed by atoms with E-state index in [0.29, 0.717) is 0 Å². The second-order valence-corrected chi connectivity index (χ2v) is 5.57. The molecule has 112 valence electrons. The van der Waals surface area contributed by atoms with Crippen molar-refractivity contribution in [3.63, 3.8) is 0 Å². The Balaban J connectivity index is 2.49. The number of hydrogen-bond acceptors (Lipinski definition) is 3. The van der Waals surface area contributed by atoms with Gasteiger partial charge in [-0.15, -0.1) is 0 Å². The van der Waals surface area contributed by atoms with Crippen LogP contribution in [0.5, 0.6) is 0 Å². The molecular formula is C14H20F3N3. The van der Waals surface area contributed by atoms with Crippen molar-refractivity contribution in [2.45, 2.75) is 37.3 Å². The summed E-state index contributed by atoms with van der Waals surface area (Å²) in [5.74, 6) is 1.80. The van der Waals surface area contributed by atoms with Crippen molar-refractivity contribution >= 4 is 0 Å². The van der Waals surface area contributed by atoms with Crippen molar-refractivity contribution < 1.29 is 13.2 Å². The minimum Gasteiger partial charge on any atom is -0.302 e. The molecular weight excluding hydrogens is 267 g/mol. The summed E-state index contributed by atoms with van der Waals surface area (Å²) < 4.78 is 40.6. The molecule has 3 nitrogen and oxygen atoms in total. The van der Waals surface area contributed by atoms with Crippen LogP contribution in [0.2, 0.25) is 0 Å². The summed E-state index contributed by atoms with van der Waals surface area (Å²) >= 11 is 0. The number of rotatable bonds is 4. The number of halogens is 3. The van der Waals surface area contributed by atoms with Crippen molar-refractivity contribution in [3.8, 4) is 0 Å². The maximum Gasteiger partial charge on any atom is 0.194 e. The first-order valence-electron chi connectivity index (χ1n) is 6.71. The molecule has 2 rings (SSSR count). The van der Waals surface area contributed by atoms with E-state index in [4.69, 9.17) is 5.84 Å². The highest BCUT2D eigenvalue weighted by molar-refractivity contribution is 5.27. The van der Waals surface area contributed by atoms with E-state index in [0.717, 1.165) is 31.7 Å². The van der Waals surface area contributed by atoms with Crippen molar-refractivity contribution in [1.29, 1.82) is 0 Å². The van der Waals surface area contributed by atoms with Crippen LogP contribution in [0.15, 0.2) is 12.1 Å². The van der Waals surface area contributed by atoms with Crippen LogP contribution >= 0.6 is 0 Å². The fraction of sp³-hybridized carbons (Fsp3) is 0.571. The third-order valence-corrected chi connectivity index (χ3v) is 4.44. The summed E-state index contributed by atoms with van der Waals surface area (Å²) in [6.45, 7) is 0. The van der Waals surface area contributed by atoms with Crippen molar-refractivity contribution in [2.24, 2.45) is 5.84 Å². The first kappa shape index (κ1) is 15.3. The molecule has 0 amide bonds. The van der Waals surface area contributed by atoms with Crippen LogP contribution in [0.4, 0.5) is 13.2 Å². The first-order chi connectivity index (χ1) is 9.44. The Labute approximate surface area is 116 Å². The highest BCUT2D eigenvalue weighted by Gasteiger charge is 2.44. The van der Waals surface area contributed by atoms with Crippen LogP contribution in [0.25, 0.3) is 0 Å². The zero-order valence-corrected chi connectivity index (χ0v) is 11.7. The Morgan fingerprint density at radius 3 is 2.25 bits per heavy atom. The third kappa shape index (κ3) is 2.32. The van der Waals surface area contributed by atoms with Gasteiger partial charge in [0, 0.05) is 11.1 Å². The third-order valence-electron chi connectivity index (χ3n) is 4.44. The first-order valence-corrected chi connectivity index (χ1v) is 6.71. The molecule has 1 fully saturated rings. The molecule has 0 radical (unpaired) electrons. The summed E-state index contributed by atoms with van der Waals surface area (Å²) in [4.78, 5) is 1.99. The highest BCUT2D eigenvalue weighted by atomic mass is 19.2. The Kier molecular flexibility index (Phi) is 4.36. The van der Waals surface area contributed by atoms with Crippen molar-refractivity contribution in [1.82, 2.24) is 10.3 Å². The highest BCUT2D eigenvalue weighted by Crippen LogP contribution is 2.43. The fourth-order valence-electron chi connectivity index (χ4n) is 3.28. The van der Waals surface area contributed by atoms with E-state index in [1.165, 1.54) is 6.07 Å². The minimum atomic E-state index is -1.45. The van der Waals surface area contributed by atoms with Gasteiger partial charge < -0.3 is 4.90 Å². The summed E-state index contributed by atoms with van der Waals surface area (Å²) in [6.07, 6.45) is 3.66. The molecule has 1 aliphatic rings. The SMILES string of the molecule is CN(C)C1(C(NN)c2ccc(F)c(F)c2F)CCCC1. The molecule has 0 bridgehead atoms. The Morgan fingerprint density at radius 1 is 1.15 bits per heavy atom. The molecule has 0 heterocycles. The van der Waals surface area contributed by atoms with E-state index in [1.54, 1.807) is 0 Å². The van der Waals surface area contributed by atoms with E-state index in [-0.39, 0.29) is 11.1 Å². The minimum absolute atomic E-state index is 0.0713. The van der Waals surface area contributed by atoms with E-state index < -0.39 is 23.5 Å². The largest absolute Gasteiger partial charge is 0.302 e. The smallest absolute Gasteiger partial charge is 0.194 e. The van der Waals surface area contributed by atoms with Crippen LogP contribution in [0, 0.1) is 17.5 Å². The van der Waals surface area contributed by atoms with Gasteiger partial charge in [-0.05, 0) is 33.0 Å². The number of hydrogen-bond donors (Lipinski definition) is 2. The lowest BCUT2D eigenvalue weighted by Gasteiger charge is -2.43. The molecule has 0 aliphatic heterocycles. The lowest BCUT2D eigenvalue weighted by molar-refractivity contribution is 0.102. The zero-order valence-electron chi connectivity index (χ0n) is 11.7.